The Morgan fingerprint density at radius 2 is 1.91 bits per heavy atom. The molecule has 0 spiro atoms. The number of ether oxygens (including phenoxy) is 1. The van der Waals surface area contributed by atoms with E-state index in [0.717, 1.165) is 55.6 Å². The van der Waals surface area contributed by atoms with E-state index in [0.29, 0.717) is 13.1 Å². The van der Waals surface area contributed by atoms with Crippen molar-refractivity contribution in [3.63, 3.8) is 0 Å². The Morgan fingerprint density at radius 1 is 1.16 bits per heavy atom. The summed E-state index contributed by atoms with van der Waals surface area (Å²) in [5.74, 6) is 1.64. The summed E-state index contributed by atoms with van der Waals surface area (Å²) in [7, 11) is 3.96. The number of likely N-dealkylation sites (N-methyl/N-ethyl adjacent to an activating group) is 1. The van der Waals surface area contributed by atoms with E-state index >= 15 is 0 Å². The van der Waals surface area contributed by atoms with Gasteiger partial charge in [0.25, 0.3) is 0 Å². The predicted octanol–water partition coefficient (Wildman–Crippen LogP) is 2.51. The van der Waals surface area contributed by atoms with Gasteiger partial charge in [-0.15, -0.1) is 0 Å². The van der Waals surface area contributed by atoms with Crippen LogP contribution in [0.2, 0.25) is 0 Å². The molecule has 4 rings (SSSR count). The predicted molar refractivity (Wildman–Crippen MR) is 125 cm³/mol. The van der Waals surface area contributed by atoms with Gasteiger partial charge in [-0.05, 0) is 37.7 Å². The van der Waals surface area contributed by atoms with E-state index in [1.54, 1.807) is 19.2 Å². The van der Waals surface area contributed by atoms with Gasteiger partial charge in [0.15, 0.2) is 5.96 Å². The van der Waals surface area contributed by atoms with Gasteiger partial charge in [0.1, 0.15) is 17.7 Å². The second-order valence-corrected chi connectivity index (χ2v) is 8.57. The maximum Gasteiger partial charge on any atom is 0.194 e. The molecule has 2 aliphatic heterocycles. The average Bonchev–Trinajstić information content (AvgIpc) is 2.80. The lowest BCUT2D eigenvalue weighted by Gasteiger charge is -2.39. The molecule has 2 aromatic rings. The number of pyridine rings is 1. The van der Waals surface area contributed by atoms with Gasteiger partial charge in [-0.3, -0.25) is 4.99 Å². The van der Waals surface area contributed by atoms with Crippen molar-refractivity contribution in [1.82, 2.24) is 20.1 Å². The maximum atomic E-state index is 13.3. The van der Waals surface area contributed by atoms with Crippen LogP contribution in [-0.4, -0.2) is 80.2 Å². The second-order valence-electron chi connectivity index (χ2n) is 8.57. The number of anilines is 1. The molecule has 32 heavy (non-hydrogen) atoms. The Bertz CT molecular complexity index is 913. The van der Waals surface area contributed by atoms with Crippen molar-refractivity contribution < 1.29 is 9.13 Å². The molecule has 0 radical (unpaired) electrons. The molecule has 1 aromatic carbocycles. The number of nitrogens with zero attached hydrogens (tertiary/aromatic N) is 5. The molecule has 2 saturated heterocycles. The van der Waals surface area contributed by atoms with Crippen LogP contribution in [0.4, 0.5) is 10.2 Å². The molecule has 2 atom stereocenters. The Kier molecular flexibility index (Phi) is 7.22. The molecule has 0 aliphatic carbocycles. The van der Waals surface area contributed by atoms with E-state index in [1.165, 1.54) is 12.1 Å². The lowest BCUT2D eigenvalue weighted by molar-refractivity contribution is -0.0605. The minimum Gasteiger partial charge on any atom is -0.367 e. The van der Waals surface area contributed by atoms with Crippen LogP contribution in [0.5, 0.6) is 0 Å². The molecular formula is C24H33FN6O. The Balaban J connectivity index is 1.43. The first-order chi connectivity index (χ1) is 15.5. The zero-order valence-electron chi connectivity index (χ0n) is 19.2. The number of aliphatic imine (C=N–C) groups is 1. The van der Waals surface area contributed by atoms with Crippen molar-refractivity contribution in [2.75, 3.05) is 58.3 Å². The summed E-state index contributed by atoms with van der Waals surface area (Å²) < 4.78 is 19.5. The monoisotopic (exact) mass is 440 g/mol. The molecule has 8 heteroatoms. The summed E-state index contributed by atoms with van der Waals surface area (Å²) in [5, 5.41) is 3.53. The number of hydrogen-bond donors (Lipinski definition) is 1. The number of rotatable bonds is 4. The van der Waals surface area contributed by atoms with Crippen LogP contribution in [0.1, 0.15) is 24.2 Å². The molecule has 0 saturated carbocycles. The Labute approximate surface area is 189 Å². The number of hydrogen-bond acceptors (Lipinski definition) is 5. The Hall–Kier alpha value is -2.71. The van der Waals surface area contributed by atoms with E-state index in [9.17, 15) is 4.39 Å². The van der Waals surface area contributed by atoms with E-state index < -0.39 is 0 Å². The van der Waals surface area contributed by atoms with E-state index in [4.69, 9.17) is 4.74 Å². The van der Waals surface area contributed by atoms with Crippen LogP contribution in [0.15, 0.2) is 47.6 Å². The van der Waals surface area contributed by atoms with Crippen LogP contribution in [-0.2, 0) is 11.3 Å². The first-order valence-corrected chi connectivity index (χ1v) is 11.3. The third-order valence-corrected chi connectivity index (χ3v) is 6.12. The van der Waals surface area contributed by atoms with Gasteiger partial charge in [0.2, 0.25) is 0 Å². The molecule has 1 N–H and O–H groups in total. The molecule has 172 valence electrons. The maximum absolute atomic E-state index is 13.3. The number of halogens is 1. The van der Waals surface area contributed by atoms with Gasteiger partial charge >= 0.3 is 0 Å². The van der Waals surface area contributed by atoms with Gasteiger partial charge in [0, 0.05) is 58.1 Å². The number of morpholine rings is 1. The molecular weight excluding hydrogens is 407 g/mol. The first kappa shape index (κ1) is 22.5. The normalized spacial score (nSPS) is 22.8. The largest absolute Gasteiger partial charge is 0.367 e. The lowest BCUT2D eigenvalue weighted by Crippen LogP contribution is -2.50. The number of nitrogens with one attached hydrogen (secondary N) is 1. The molecule has 1 aromatic heterocycles. The number of benzene rings is 1. The smallest absolute Gasteiger partial charge is 0.194 e. The number of piperazine rings is 1. The molecule has 2 fully saturated rings. The van der Waals surface area contributed by atoms with Gasteiger partial charge < -0.3 is 24.8 Å². The third kappa shape index (κ3) is 5.37. The zero-order chi connectivity index (χ0) is 22.5. The van der Waals surface area contributed by atoms with E-state index in [1.807, 2.05) is 12.3 Å². The summed E-state index contributed by atoms with van der Waals surface area (Å²) in [5.41, 5.74) is 2.14. The van der Waals surface area contributed by atoms with Crippen molar-refractivity contribution in [3.05, 3.63) is 59.5 Å². The molecule has 2 aliphatic rings. The fourth-order valence-corrected chi connectivity index (χ4v) is 4.36. The number of aromatic nitrogens is 1. The summed E-state index contributed by atoms with van der Waals surface area (Å²) in [6, 6.07) is 10.7. The Morgan fingerprint density at radius 3 is 2.62 bits per heavy atom. The van der Waals surface area contributed by atoms with Crippen LogP contribution in [0, 0.1) is 5.82 Å². The first-order valence-electron chi connectivity index (χ1n) is 11.3. The van der Waals surface area contributed by atoms with E-state index in [-0.39, 0.29) is 18.0 Å². The van der Waals surface area contributed by atoms with Crippen molar-refractivity contribution in [2.24, 2.45) is 4.99 Å². The molecule has 0 amide bonds. The van der Waals surface area contributed by atoms with Crippen molar-refractivity contribution in [3.8, 4) is 0 Å². The summed E-state index contributed by atoms with van der Waals surface area (Å²) in [6.07, 6.45) is 1.77. The highest BCUT2D eigenvalue weighted by Crippen LogP contribution is 2.26. The fourth-order valence-electron chi connectivity index (χ4n) is 4.36. The van der Waals surface area contributed by atoms with Gasteiger partial charge in [-0.2, -0.15) is 0 Å². The van der Waals surface area contributed by atoms with Crippen LogP contribution >= 0.6 is 0 Å². The minimum absolute atomic E-state index is 0.0386. The highest BCUT2D eigenvalue weighted by atomic mass is 19.1. The average molecular weight is 441 g/mol. The summed E-state index contributed by atoms with van der Waals surface area (Å²) in [4.78, 5) is 16.1. The van der Waals surface area contributed by atoms with Gasteiger partial charge in [-0.25, -0.2) is 9.37 Å². The second kappa shape index (κ2) is 10.3. The topological polar surface area (TPSA) is 56.2 Å². The minimum atomic E-state index is -0.237. The van der Waals surface area contributed by atoms with Crippen LogP contribution in [0.25, 0.3) is 0 Å². The van der Waals surface area contributed by atoms with Crippen molar-refractivity contribution in [2.45, 2.75) is 25.7 Å². The third-order valence-electron chi connectivity index (χ3n) is 6.12. The quantitative estimate of drug-likeness (QED) is 0.583. The van der Waals surface area contributed by atoms with E-state index in [2.05, 4.69) is 50.0 Å². The van der Waals surface area contributed by atoms with Gasteiger partial charge in [0.05, 0.1) is 12.6 Å². The van der Waals surface area contributed by atoms with Crippen molar-refractivity contribution >= 4 is 11.8 Å². The standard InChI is InChI=1S/C24H33FN6O/c1-18-16-31(17-22(32-18)19-6-8-21(25)9-7-19)24(26-2)28-15-20-5-4-10-27-23(20)30-13-11-29(3)12-14-30/h4-10,18,22H,11-17H2,1-3H3,(H,26,28). The summed E-state index contributed by atoms with van der Waals surface area (Å²) >= 11 is 0. The van der Waals surface area contributed by atoms with Crippen LogP contribution < -0.4 is 10.2 Å². The number of guanidine groups is 1. The lowest BCUT2D eigenvalue weighted by atomic mass is 10.1. The summed E-state index contributed by atoms with van der Waals surface area (Å²) in [6.45, 7) is 8.16. The highest BCUT2D eigenvalue weighted by Gasteiger charge is 2.28. The van der Waals surface area contributed by atoms with Crippen molar-refractivity contribution in [1.29, 1.82) is 0 Å². The molecule has 3 heterocycles. The SMILES string of the molecule is CN=C(NCc1cccnc1N1CCN(C)CC1)N1CC(C)OC(c2ccc(F)cc2)C1. The molecule has 7 nitrogen and oxygen atoms in total. The fraction of sp³-hybridized carbons (Fsp3) is 0.500. The zero-order valence-corrected chi connectivity index (χ0v) is 19.2. The molecule has 2 unspecified atom stereocenters. The molecule has 0 bridgehead atoms. The van der Waals surface area contributed by atoms with Gasteiger partial charge in [-0.1, -0.05) is 18.2 Å². The highest BCUT2D eigenvalue weighted by molar-refractivity contribution is 5.80. The van der Waals surface area contributed by atoms with Crippen LogP contribution in [0.3, 0.4) is 0 Å².